The lowest BCUT2D eigenvalue weighted by molar-refractivity contribution is 0.142. The smallest absolute Gasteiger partial charge is 0.418 e. The molecule has 0 bridgehead atoms. The highest BCUT2D eigenvalue weighted by molar-refractivity contribution is 5.86. The maximum Gasteiger partial charge on any atom is 0.418 e. The summed E-state index contributed by atoms with van der Waals surface area (Å²) in [6, 6.07) is 15.0. The van der Waals surface area contributed by atoms with Crippen LogP contribution in [0, 0.1) is 0 Å². The number of benzene rings is 1. The average Bonchev–Trinajstić information content (AvgIpc) is 2.90. The van der Waals surface area contributed by atoms with Crippen LogP contribution in [-0.2, 0) is 11.3 Å². The minimum Gasteiger partial charge on any atom is -0.444 e. The predicted octanol–water partition coefficient (Wildman–Crippen LogP) is 3.22. The van der Waals surface area contributed by atoms with Gasteiger partial charge in [0.05, 0.1) is 11.0 Å². The molecule has 4 nitrogen and oxygen atoms in total. The van der Waals surface area contributed by atoms with Crippen molar-refractivity contribution in [1.82, 2.24) is 9.55 Å². The number of nitrogens with zero attached hydrogens (tertiary/aromatic N) is 2. The van der Waals surface area contributed by atoms with Gasteiger partial charge >= 0.3 is 6.09 Å². The Labute approximate surface area is 110 Å². The van der Waals surface area contributed by atoms with Gasteiger partial charge in [-0.2, -0.15) is 0 Å². The van der Waals surface area contributed by atoms with Crippen molar-refractivity contribution in [3.63, 3.8) is 0 Å². The van der Waals surface area contributed by atoms with E-state index in [4.69, 9.17) is 4.74 Å². The van der Waals surface area contributed by atoms with E-state index < -0.39 is 6.09 Å². The number of aromatic nitrogens is 2. The van der Waals surface area contributed by atoms with Crippen LogP contribution in [0.15, 0.2) is 60.9 Å². The molecule has 0 unspecified atom stereocenters. The molecule has 94 valence electrons. The van der Waals surface area contributed by atoms with Crippen LogP contribution in [0.3, 0.4) is 0 Å². The highest BCUT2D eigenvalue weighted by Gasteiger charge is 2.10. The Hall–Kier alpha value is -2.62. The molecule has 19 heavy (non-hydrogen) atoms. The van der Waals surface area contributed by atoms with Crippen molar-refractivity contribution in [2.75, 3.05) is 0 Å². The molecule has 0 fully saturated rings. The lowest BCUT2D eigenvalue weighted by Crippen LogP contribution is -2.12. The minimum absolute atomic E-state index is 0.264. The quantitative estimate of drug-likeness (QED) is 0.703. The van der Waals surface area contributed by atoms with E-state index in [1.54, 1.807) is 24.5 Å². The number of hydrogen-bond acceptors (Lipinski definition) is 3. The number of carbonyl (C=O) groups is 1. The van der Waals surface area contributed by atoms with Gasteiger partial charge in [0.1, 0.15) is 6.61 Å². The first-order valence-corrected chi connectivity index (χ1v) is 5.98. The first-order valence-electron chi connectivity index (χ1n) is 5.98. The number of ether oxygens (including phenoxy) is 1. The maximum atomic E-state index is 12.0. The topological polar surface area (TPSA) is 44.1 Å². The van der Waals surface area contributed by atoms with Crippen LogP contribution in [0.25, 0.3) is 11.0 Å². The molecule has 0 N–H and O–H groups in total. The Morgan fingerprint density at radius 3 is 2.79 bits per heavy atom. The number of rotatable bonds is 2. The summed E-state index contributed by atoms with van der Waals surface area (Å²) in [6.07, 6.45) is 2.97. The summed E-state index contributed by atoms with van der Waals surface area (Å²) in [5.74, 6) is 0. The van der Waals surface area contributed by atoms with Crippen LogP contribution >= 0.6 is 0 Å². The minimum atomic E-state index is -0.396. The molecule has 3 aromatic rings. The third-order valence-corrected chi connectivity index (χ3v) is 2.86. The summed E-state index contributed by atoms with van der Waals surface area (Å²) in [6.45, 7) is 0.264. The highest BCUT2D eigenvalue weighted by Crippen LogP contribution is 2.13. The summed E-state index contributed by atoms with van der Waals surface area (Å²) in [7, 11) is 0. The second-order valence-corrected chi connectivity index (χ2v) is 4.13. The van der Waals surface area contributed by atoms with E-state index in [1.165, 1.54) is 4.57 Å². The van der Waals surface area contributed by atoms with Crippen molar-refractivity contribution >= 4 is 17.1 Å². The molecule has 0 aliphatic carbocycles. The van der Waals surface area contributed by atoms with E-state index >= 15 is 0 Å². The summed E-state index contributed by atoms with van der Waals surface area (Å²) in [5.41, 5.74) is 2.49. The van der Waals surface area contributed by atoms with Crippen LogP contribution in [0.4, 0.5) is 4.79 Å². The summed E-state index contributed by atoms with van der Waals surface area (Å²) in [5, 5.41) is 0. The highest BCUT2D eigenvalue weighted by atomic mass is 16.5. The second-order valence-electron chi connectivity index (χ2n) is 4.13. The van der Waals surface area contributed by atoms with Crippen molar-refractivity contribution in [2.45, 2.75) is 6.61 Å². The van der Waals surface area contributed by atoms with Crippen LogP contribution in [0.2, 0.25) is 0 Å². The van der Waals surface area contributed by atoms with Gasteiger partial charge in [0.15, 0.2) is 0 Å². The molecule has 0 spiro atoms. The van der Waals surface area contributed by atoms with E-state index in [0.717, 1.165) is 16.6 Å². The van der Waals surface area contributed by atoms with Crippen molar-refractivity contribution < 1.29 is 9.53 Å². The van der Waals surface area contributed by atoms with Gasteiger partial charge in [-0.25, -0.2) is 4.79 Å². The van der Waals surface area contributed by atoms with Gasteiger partial charge in [0.2, 0.25) is 0 Å². The van der Waals surface area contributed by atoms with Crippen LogP contribution in [0.1, 0.15) is 5.56 Å². The third-order valence-electron chi connectivity index (χ3n) is 2.86. The Balaban J connectivity index is 1.77. The fraction of sp³-hybridized carbons (Fsp3) is 0.0667. The molecular weight excluding hydrogens is 240 g/mol. The zero-order chi connectivity index (χ0) is 13.1. The van der Waals surface area contributed by atoms with Crippen LogP contribution in [0.5, 0.6) is 0 Å². The molecular formula is C15H12N2O2. The van der Waals surface area contributed by atoms with Gasteiger partial charge in [-0.15, -0.1) is 0 Å². The number of hydrogen-bond donors (Lipinski definition) is 0. The molecule has 0 saturated heterocycles. The van der Waals surface area contributed by atoms with Gasteiger partial charge in [-0.3, -0.25) is 9.55 Å². The molecule has 2 aromatic heterocycles. The van der Waals surface area contributed by atoms with E-state index in [9.17, 15) is 4.79 Å². The summed E-state index contributed by atoms with van der Waals surface area (Å²) < 4.78 is 6.74. The van der Waals surface area contributed by atoms with E-state index in [0.29, 0.717) is 0 Å². The zero-order valence-corrected chi connectivity index (χ0v) is 10.2. The molecule has 0 radical (unpaired) electrons. The van der Waals surface area contributed by atoms with Crippen molar-refractivity contribution in [3.05, 3.63) is 66.5 Å². The molecule has 0 aliphatic heterocycles. The van der Waals surface area contributed by atoms with E-state index in [1.807, 2.05) is 36.4 Å². The Morgan fingerprint density at radius 2 is 1.95 bits per heavy atom. The molecule has 0 atom stereocenters. The second kappa shape index (κ2) is 4.94. The van der Waals surface area contributed by atoms with Crippen molar-refractivity contribution in [2.24, 2.45) is 0 Å². The SMILES string of the molecule is O=C(OCc1ccccc1)n1ccc2ncccc21. The Kier molecular flexibility index (Phi) is 2.98. The van der Waals surface area contributed by atoms with Crippen molar-refractivity contribution in [1.29, 1.82) is 0 Å². The molecule has 4 heteroatoms. The van der Waals surface area contributed by atoms with Gasteiger partial charge in [-0.05, 0) is 23.8 Å². The molecule has 0 amide bonds. The maximum absolute atomic E-state index is 12.0. The lowest BCUT2D eigenvalue weighted by atomic mass is 10.2. The van der Waals surface area contributed by atoms with Crippen molar-refractivity contribution in [3.8, 4) is 0 Å². The predicted molar refractivity (Wildman–Crippen MR) is 71.8 cm³/mol. The normalized spacial score (nSPS) is 10.5. The fourth-order valence-electron chi connectivity index (χ4n) is 1.91. The van der Waals surface area contributed by atoms with Gasteiger partial charge < -0.3 is 4.74 Å². The largest absolute Gasteiger partial charge is 0.444 e. The molecule has 3 rings (SSSR count). The zero-order valence-electron chi connectivity index (χ0n) is 10.2. The van der Waals surface area contributed by atoms with Gasteiger partial charge in [0, 0.05) is 12.4 Å². The van der Waals surface area contributed by atoms with E-state index in [-0.39, 0.29) is 6.61 Å². The van der Waals surface area contributed by atoms with Gasteiger partial charge in [-0.1, -0.05) is 30.3 Å². The first kappa shape index (κ1) is 11.5. The van der Waals surface area contributed by atoms with Crippen LogP contribution < -0.4 is 0 Å². The first-order chi connectivity index (χ1) is 9.34. The summed E-state index contributed by atoms with van der Waals surface area (Å²) in [4.78, 5) is 16.2. The van der Waals surface area contributed by atoms with E-state index in [2.05, 4.69) is 4.98 Å². The molecule has 0 saturated carbocycles. The fourth-order valence-corrected chi connectivity index (χ4v) is 1.91. The average molecular weight is 252 g/mol. The standard InChI is InChI=1S/C15H12N2O2/c18-15(19-11-12-5-2-1-3-6-12)17-10-8-13-14(17)7-4-9-16-13/h1-10H,11H2. The molecule has 1 aromatic carbocycles. The molecule has 0 aliphatic rings. The van der Waals surface area contributed by atoms with Crippen LogP contribution in [-0.4, -0.2) is 15.6 Å². The monoisotopic (exact) mass is 252 g/mol. The number of carbonyl (C=O) groups excluding carboxylic acids is 1. The number of fused-ring (bicyclic) bond motifs is 1. The third kappa shape index (κ3) is 2.33. The summed E-state index contributed by atoms with van der Waals surface area (Å²) >= 11 is 0. The van der Waals surface area contributed by atoms with Gasteiger partial charge in [0.25, 0.3) is 0 Å². The molecule has 2 heterocycles. The lowest BCUT2D eigenvalue weighted by Gasteiger charge is -2.06. The Bertz CT molecular complexity index is 704. The number of pyridine rings is 1. The Morgan fingerprint density at radius 1 is 1.11 bits per heavy atom.